The van der Waals surface area contributed by atoms with Gasteiger partial charge in [-0.15, -0.1) is 22.4 Å². The number of hydrogen-bond donors (Lipinski definition) is 0. The fourth-order valence-electron chi connectivity index (χ4n) is 4.00. The van der Waals surface area contributed by atoms with Gasteiger partial charge in [-0.05, 0) is 39.7 Å². The predicted molar refractivity (Wildman–Crippen MR) is 142 cm³/mol. The van der Waals surface area contributed by atoms with Crippen LogP contribution in [0.2, 0.25) is 6.32 Å². The molecule has 29 heavy (non-hydrogen) atoms. The van der Waals surface area contributed by atoms with Crippen molar-refractivity contribution in [2.24, 2.45) is 5.41 Å². The van der Waals surface area contributed by atoms with Gasteiger partial charge in [-0.25, -0.2) is 0 Å². The van der Waals surface area contributed by atoms with Crippen LogP contribution in [0.5, 0.6) is 0 Å². The third-order valence-electron chi connectivity index (χ3n) is 5.49. The smallest absolute Gasteiger partial charge is 0.159 e. The Morgan fingerprint density at radius 2 is 1.34 bits per heavy atom. The fraction of sp³-hybridized carbons (Fsp3) is 0.231. The van der Waals surface area contributed by atoms with Crippen molar-refractivity contribution in [1.82, 2.24) is 0 Å². The van der Waals surface area contributed by atoms with E-state index in [9.17, 15) is 0 Å². The first-order valence-corrected chi connectivity index (χ1v) is 12.1. The fourth-order valence-corrected chi connectivity index (χ4v) is 5.83. The lowest BCUT2D eigenvalue weighted by molar-refractivity contribution is 0.357. The summed E-state index contributed by atoms with van der Waals surface area (Å²) in [5.41, 5.74) is 6.47. The first kappa shape index (κ1) is 22.3. The largest absolute Gasteiger partial charge is 0.240 e. The summed E-state index contributed by atoms with van der Waals surface area (Å²) >= 11 is 2.51. The monoisotopic (exact) mass is 510 g/mol. The van der Waals surface area contributed by atoms with Gasteiger partial charge >= 0.3 is 0 Å². The van der Waals surface area contributed by atoms with Gasteiger partial charge in [0.25, 0.3) is 0 Å². The molecule has 0 aliphatic carbocycles. The zero-order valence-electron chi connectivity index (χ0n) is 17.3. The molecule has 0 aliphatic rings. The minimum absolute atomic E-state index is 0.264. The van der Waals surface area contributed by atoms with Gasteiger partial charge in [0, 0.05) is 5.92 Å². The summed E-state index contributed by atoms with van der Waals surface area (Å²) in [6.45, 7) is 9.10. The van der Waals surface area contributed by atoms with Crippen molar-refractivity contribution in [2.75, 3.05) is 0 Å². The Labute approximate surface area is 192 Å². The first-order valence-electron chi connectivity index (χ1n) is 10.1. The Morgan fingerprint density at radius 3 is 1.90 bits per heavy atom. The van der Waals surface area contributed by atoms with Gasteiger partial charge in [0.2, 0.25) is 4.29 Å². The molecule has 0 aliphatic heterocycles. The molecule has 0 N–H and O–H groups in total. The molecule has 0 radical (unpaired) electrons. The summed E-state index contributed by atoms with van der Waals surface area (Å²) in [5, 5.41) is 0. The molecule has 148 valence electrons. The van der Waals surface area contributed by atoms with E-state index in [4.69, 9.17) is 0 Å². The van der Waals surface area contributed by atoms with Gasteiger partial charge < -0.3 is 0 Å². The Kier molecular flexibility index (Phi) is 7.76. The van der Waals surface area contributed by atoms with Crippen molar-refractivity contribution < 1.29 is 0 Å². The molecular weight excluding hydrogens is 481 g/mol. The average Bonchev–Trinajstić information content (AvgIpc) is 2.72. The maximum atomic E-state index is 4.32. The molecule has 0 nitrogen and oxygen atoms in total. The lowest BCUT2D eigenvalue weighted by atomic mass is 9.70. The second-order valence-electron chi connectivity index (χ2n) is 8.52. The highest BCUT2D eigenvalue weighted by Gasteiger charge is 2.27. The molecule has 0 saturated carbocycles. The predicted octanol–water partition coefficient (Wildman–Crippen LogP) is 8.09. The van der Waals surface area contributed by atoms with Crippen molar-refractivity contribution in [3.05, 3.63) is 114 Å². The summed E-state index contributed by atoms with van der Waals surface area (Å²) in [7, 11) is 2.94. The lowest BCUT2D eigenvalue weighted by Crippen LogP contribution is -2.19. The van der Waals surface area contributed by atoms with E-state index in [2.05, 4.69) is 131 Å². The van der Waals surface area contributed by atoms with E-state index >= 15 is 0 Å². The summed E-state index contributed by atoms with van der Waals surface area (Å²) in [6, 6.07) is 30.4. The quantitative estimate of drug-likeness (QED) is 0.163. The van der Waals surface area contributed by atoms with Gasteiger partial charge in [0.1, 0.15) is 0 Å². The standard InChI is InChI=1S/C26H29BIP/c1-20(21-10-6-4-7-11-21)22-14-16-24(17-15-22)25(23-12-8-5-9-13-23)18-26(2,3)19-27(28)29/h4-17,25H,1,18-19,29H2,2-3H3. The van der Waals surface area contributed by atoms with Crippen LogP contribution in [-0.2, 0) is 0 Å². The maximum Gasteiger partial charge on any atom is 0.240 e. The van der Waals surface area contributed by atoms with E-state index in [0.717, 1.165) is 12.0 Å². The Hall–Kier alpha value is -1.38. The van der Waals surface area contributed by atoms with Gasteiger partial charge in [-0.3, -0.25) is 0 Å². The number of rotatable bonds is 8. The topological polar surface area (TPSA) is 0 Å². The van der Waals surface area contributed by atoms with Gasteiger partial charge in [0.15, 0.2) is 0 Å². The molecule has 0 heterocycles. The second kappa shape index (κ2) is 10.1. The molecule has 3 rings (SSSR count). The van der Waals surface area contributed by atoms with Crippen LogP contribution in [-0.4, -0.2) is 4.29 Å². The molecule has 0 fully saturated rings. The molecule has 2 unspecified atom stereocenters. The van der Waals surface area contributed by atoms with E-state index in [0.29, 0.717) is 10.2 Å². The van der Waals surface area contributed by atoms with Crippen LogP contribution in [0.25, 0.3) is 5.57 Å². The second-order valence-corrected chi connectivity index (χ2v) is 12.3. The normalized spacial score (nSPS) is 12.4. The third-order valence-corrected chi connectivity index (χ3v) is 6.17. The highest BCUT2D eigenvalue weighted by molar-refractivity contribution is 14.1. The van der Waals surface area contributed by atoms with Crippen LogP contribution in [0.4, 0.5) is 0 Å². The number of hydrogen-bond acceptors (Lipinski definition) is 0. The van der Waals surface area contributed by atoms with E-state index in [-0.39, 0.29) is 5.41 Å². The zero-order chi connectivity index (χ0) is 20.9. The van der Waals surface area contributed by atoms with Crippen LogP contribution in [0.1, 0.15) is 48.4 Å². The molecule has 0 spiro atoms. The van der Waals surface area contributed by atoms with E-state index in [1.165, 1.54) is 28.6 Å². The zero-order valence-corrected chi connectivity index (χ0v) is 20.6. The first-order chi connectivity index (χ1) is 13.9. The number of benzene rings is 3. The molecule has 0 saturated heterocycles. The highest BCUT2D eigenvalue weighted by Crippen LogP contribution is 2.41. The van der Waals surface area contributed by atoms with Crippen LogP contribution < -0.4 is 0 Å². The van der Waals surface area contributed by atoms with E-state index in [1.807, 2.05) is 6.07 Å². The van der Waals surface area contributed by atoms with Gasteiger partial charge in [0.05, 0.1) is 0 Å². The molecule has 0 aromatic heterocycles. The molecular formula is C26H29BIP. The van der Waals surface area contributed by atoms with Gasteiger partial charge in [-0.2, -0.15) is 9.12 Å². The van der Waals surface area contributed by atoms with E-state index in [1.54, 1.807) is 0 Å². The summed E-state index contributed by atoms with van der Waals surface area (Å²) < 4.78 is 0.593. The minimum Gasteiger partial charge on any atom is -0.159 e. The molecule has 0 bridgehead atoms. The van der Waals surface area contributed by atoms with Crippen LogP contribution >= 0.6 is 31.5 Å². The SMILES string of the molecule is C=C(c1ccccc1)c1ccc(C(CC(C)(C)CB(P)I)c2ccccc2)cc1. The Morgan fingerprint density at radius 1 is 0.862 bits per heavy atom. The van der Waals surface area contributed by atoms with Crippen molar-refractivity contribution >= 4 is 41.4 Å². The summed E-state index contributed by atoms with van der Waals surface area (Å²) in [4.78, 5) is 0. The Balaban J connectivity index is 1.89. The lowest BCUT2D eigenvalue weighted by Gasteiger charge is -2.31. The van der Waals surface area contributed by atoms with Crippen molar-refractivity contribution in [3.63, 3.8) is 0 Å². The molecule has 3 aromatic rings. The van der Waals surface area contributed by atoms with Crippen molar-refractivity contribution in [2.45, 2.75) is 32.5 Å². The van der Waals surface area contributed by atoms with Crippen molar-refractivity contribution in [1.29, 1.82) is 0 Å². The van der Waals surface area contributed by atoms with Gasteiger partial charge in [-0.1, -0.05) is 112 Å². The van der Waals surface area contributed by atoms with Crippen LogP contribution in [0.3, 0.4) is 0 Å². The Bertz CT molecular complexity index is 918. The van der Waals surface area contributed by atoms with Crippen molar-refractivity contribution in [3.8, 4) is 0 Å². The minimum atomic E-state index is 0.264. The summed E-state index contributed by atoms with van der Waals surface area (Å²) in [6.07, 6.45) is 2.31. The summed E-state index contributed by atoms with van der Waals surface area (Å²) in [5.74, 6) is 0.394. The molecule has 2 atom stereocenters. The van der Waals surface area contributed by atoms with Crippen LogP contribution in [0, 0.1) is 5.41 Å². The molecule has 3 aromatic carbocycles. The molecule has 0 amide bonds. The maximum absolute atomic E-state index is 4.32. The third kappa shape index (κ3) is 6.30. The highest BCUT2D eigenvalue weighted by atomic mass is 127. The molecule has 3 heteroatoms. The number of halogens is 1. The van der Waals surface area contributed by atoms with E-state index < -0.39 is 0 Å². The average molecular weight is 510 g/mol. The van der Waals surface area contributed by atoms with Crippen LogP contribution in [0.15, 0.2) is 91.5 Å².